The van der Waals surface area contributed by atoms with Crippen molar-refractivity contribution in [3.8, 4) is 5.75 Å². The fourth-order valence-corrected chi connectivity index (χ4v) is 1.53. The predicted molar refractivity (Wildman–Crippen MR) is 77.7 cm³/mol. The number of unbranched alkanes of at least 4 members (excludes halogenated alkanes) is 2. The summed E-state index contributed by atoms with van der Waals surface area (Å²) in [6.07, 6.45) is 5.92. The van der Waals surface area contributed by atoms with E-state index >= 15 is 0 Å². The van der Waals surface area contributed by atoms with Gasteiger partial charge in [-0.2, -0.15) is 0 Å². The molecule has 0 amide bonds. The van der Waals surface area contributed by atoms with Crippen LogP contribution in [0, 0.1) is 0 Å². The Bertz CT molecular complexity index is 377. The Balaban J connectivity index is 2.48. The minimum absolute atomic E-state index is 0.676. The van der Waals surface area contributed by atoms with E-state index < -0.39 is 0 Å². The first-order valence-corrected chi connectivity index (χ1v) is 6.52. The van der Waals surface area contributed by atoms with E-state index in [1.54, 1.807) is 0 Å². The van der Waals surface area contributed by atoms with Gasteiger partial charge in [-0.25, -0.2) is 0 Å². The van der Waals surface area contributed by atoms with E-state index in [0.717, 1.165) is 43.7 Å². The minimum atomic E-state index is 0.676. The molecule has 18 heavy (non-hydrogen) atoms. The van der Waals surface area contributed by atoms with Crippen molar-refractivity contribution in [2.45, 2.75) is 32.6 Å². The van der Waals surface area contributed by atoms with E-state index in [-0.39, 0.29) is 0 Å². The molecular formula is C14H23N3O. The Hall–Kier alpha value is -1.55. The smallest absolute Gasteiger partial charge is 0.121 e. The van der Waals surface area contributed by atoms with Gasteiger partial charge in [0.2, 0.25) is 0 Å². The van der Waals surface area contributed by atoms with Crippen LogP contribution in [0.1, 0.15) is 32.6 Å². The normalized spacial score (nSPS) is 11.0. The molecule has 0 radical (unpaired) electrons. The second-order valence-electron chi connectivity index (χ2n) is 4.14. The molecule has 4 heteroatoms. The third kappa shape index (κ3) is 5.19. The number of rotatable bonds is 8. The maximum atomic E-state index is 5.84. The fourth-order valence-electron chi connectivity index (χ4n) is 1.53. The molecular weight excluding hydrogens is 226 g/mol. The van der Waals surface area contributed by atoms with Crippen molar-refractivity contribution < 1.29 is 4.74 Å². The van der Waals surface area contributed by atoms with Gasteiger partial charge in [-0.15, -0.1) is 0 Å². The largest absolute Gasteiger partial charge is 0.494 e. The van der Waals surface area contributed by atoms with Crippen LogP contribution in [0.5, 0.6) is 5.75 Å². The van der Waals surface area contributed by atoms with E-state index in [1.807, 2.05) is 31.3 Å². The zero-order valence-corrected chi connectivity index (χ0v) is 11.1. The van der Waals surface area contributed by atoms with Gasteiger partial charge in [0, 0.05) is 12.3 Å². The van der Waals surface area contributed by atoms with Gasteiger partial charge in [-0.1, -0.05) is 6.92 Å². The zero-order chi connectivity index (χ0) is 13.2. The molecule has 0 unspecified atom stereocenters. The molecule has 0 aliphatic rings. The van der Waals surface area contributed by atoms with Crippen LogP contribution in [-0.4, -0.2) is 19.4 Å². The lowest BCUT2D eigenvalue weighted by Gasteiger charge is -2.08. The summed E-state index contributed by atoms with van der Waals surface area (Å²) in [5.41, 5.74) is 12.7. The highest BCUT2D eigenvalue weighted by atomic mass is 16.5. The fraction of sp³-hybridized carbons (Fsp3) is 0.500. The number of hydrogen-bond donors (Lipinski definition) is 2. The number of aliphatic imine (C=N–C) groups is 1. The predicted octanol–water partition coefficient (Wildman–Crippen LogP) is 2.89. The maximum Gasteiger partial charge on any atom is 0.121 e. The third-order valence-corrected chi connectivity index (χ3v) is 2.53. The van der Waals surface area contributed by atoms with Gasteiger partial charge in [0.25, 0.3) is 0 Å². The zero-order valence-electron chi connectivity index (χ0n) is 11.1. The molecule has 0 aromatic heterocycles. The van der Waals surface area contributed by atoms with Crippen molar-refractivity contribution >= 4 is 17.6 Å². The summed E-state index contributed by atoms with van der Waals surface area (Å²) < 4.78 is 5.66. The number of nitrogens with two attached hydrogens (primary N) is 2. The van der Waals surface area contributed by atoms with Crippen LogP contribution in [0.3, 0.4) is 0 Å². The number of anilines is 1. The van der Waals surface area contributed by atoms with Crippen molar-refractivity contribution in [2.24, 2.45) is 10.7 Å². The Morgan fingerprint density at radius 1 is 1.28 bits per heavy atom. The van der Waals surface area contributed by atoms with Gasteiger partial charge in [0.05, 0.1) is 18.0 Å². The van der Waals surface area contributed by atoms with E-state index in [1.165, 1.54) is 0 Å². The quantitative estimate of drug-likeness (QED) is 0.422. The average molecular weight is 249 g/mol. The molecule has 1 aromatic carbocycles. The molecule has 0 atom stereocenters. The lowest BCUT2D eigenvalue weighted by atomic mass is 10.2. The number of ether oxygens (including phenoxy) is 1. The highest BCUT2D eigenvalue weighted by Gasteiger charge is 2.00. The molecule has 0 aliphatic carbocycles. The summed E-state index contributed by atoms with van der Waals surface area (Å²) in [6, 6.07) is 5.59. The Kier molecular flexibility index (Phi) is 6.87. The molecule has 0 heterocycles. The molecule has 0 saturated heterocycles. The van der Waals surface area contributed by atoms with Crippen LogP contribution < -0.4 is 16.2 Å². The van der Waals surface area contributed by atoms with E-state index in [0.29, 0.717) is 12.3 Å². The topological polar surface area (TPSA) is 73.6 Å². The first-order valence-electron chi connectivity index (χ1n) is 6.52. The van der Waals surface area contributed by atoms with Crippen LogP contribution in [0.25, 0.3) is 0 Å². The molecule has 4 N–H and O–H groups in total. The molecule has 0 spiro atoms. The molecule has 4 nitrogen and oxygen atoms in total. The van der Waals surface area contributed by atoms with Crippen LogP contribution in [0.15, 0.2) is 23.2 Å². The van der Waals surface area contributed by atoms with Gasteiger partial charge in [0.15, 0.2) is 0 Å². The molecule has 100 valence electrons. The lowest BCUT2D eigenvalue weighted by molar-refractivity contribution is 0.306. The van der Waals surface area contributed by atoms with E-state index in [4.69, 9.17) is 16.2 Å². The Morgan fingerprint density at radius 3 is 2.83 bits per heavy atom. The summed E-state index contributed by atoms with van der Waals surface area (Å²) >= 11 is 0. The van der Waals surface area contributed by atoms with Gasteiger partial charge in [0.1, 0.15) is 5.75 Å². The molecule has 0 fully saturated rings. The maximum absolute atomic E-state index is 5.84. The highest BCUT2D eigenvalue weighted by molar-refractivity contribution is 5.71. The van der Waals surface area contributed by atoms with Crippen molar-refractivity contribution in [1.82, 2.24) is 0 Å². The monoisotopic (exact) mass is 249 g/mol. The van der Waals surface area contributed by atoms with Gasteiger partial charge in [-0.05, 0) is 44.4 Å². The Labute approximate surface area is 109 Å². The number of hydrogen-bond acceptors (Lipinski definition) is 4. The van der Waals surface area contributed by atoms with Crippen molar-refractivity contribution in [2.75, 3.05) is 18.9 Å². The van der Waals surface area contributed by atoms with Crippen LogP contribution in [0.4, 0.5) is 11.4 Å². The third-order valence-electron chi connectivity index (χ3n) is 2.53. The molecule has 0 aliphatic heterocycles. The van der Waals surface area contributed by atoms with Crippen LogP contribution >= 0.6 is 0 Å². The number of nitrogen functional groups attached to an aromatic ring is 1. The lowest BCUT2D eigenvalue weighted by Crippen LogP contribution is -2.01. The summed E-state index contributed by atoms with van der Waals surface area (Å²) in [7, 11) is 0. The van der Waals surface area contributed by atoms with Crippen molar-refractivity contribution in [1.29, 1.82) is 0 Å². The summed E-state index contributed by atoms with van der Waals surface area (Å²) in [5.74, 6) is 0.820. The van der Waals surface area contributed by atoms with Gasteiger partial charge in [-0.3, -0.25) is 4.99 Å². The molecule has 1 rings (SSSR count). The van der Waals surface area contributed by atoms with Crippen molar-refractivity contribution in [3.05, 3.63) is 18.2 Å². The van der Waals surface area contributed by atoms with Crippen LogP contribution in [0.2, 0.25) is 0 Å². The molecule has 0 bridgehead atoms. The second kappa shape index (κ2) is 8.53. The summed E-state index contributed by atoms with van der Waals surface area (Å²) in [5, 5.41) is 0. The summed E-state index contributed by atoms with van der Waals surface area (Å²) in [4.78, 5) is 4.30. The average Bonchev–Trinajstić information content (AvgIpc) is 2.39. The highest BCUT2D eigenvalue weighted by Crippen LogP contribution is 2.27. The van der Waals surface area contributed by atoms with Gasteiger partial charge >= 0.3 is 0 Å². The van der Waals surface area contributed by atoms with Crippen molar-refractivity contribution in [3.63, 3.8) is 0 Å². The first-order chi connectivity index (χ1) is 8.77. The Morgan fingerprint density at radius 2 is 2.11 bits per heavy atom. The number of nitrogens with zero attached hydrogens (tertiary/aromatic N) is 1. The SMILES string of the molecule is CC/C=N\c1cc(OCCCCCN)ccc1N. The number of benzene rings is 1. The molecule has 0 saturated carbocycles. The minimum Gasteiger partial charge on any atom is -0.494 e. The van der Waals surface area contributed by atoms with Gasteiger partial charge < -0.3 is 16.2 Å². The molecule has 1 aromatic rings. The second-order valence-corrected chi connectivity index (χ2v) is 4.14. The van der Waals surface area contributed by atoms with E-state index in [9.17, 15) is 0 Å². The standard InChI is InChI=1S/C14H23N3O/c1-2-9-17-14-11-12(6-7-13(14)16)18-10-5-3-4-8-15/h6-7,9,11H,2-5,8,10,15-16H2,1H3/b17-9-. The van der Waals surface area contributed by atoms with Crippen LogP contribution in [-0.2, 0) is 0 Å². The van der Waals surface area contributed by atoms with E-state index in [2.05, 4.69) is 4.99 Å². The first kappa shape index (κ1) is 14.5. The summed E-state index contributed by atoms with van der Waals surface area (Å²) in [6.45, 7) is 3.50.